The topological polar surface area (TPSA) is 72.5 Å². The minimum atomic E-state index is -0.440. The Morgan fingerprint density at radius 3 is 2.41 bits per heavy atom. The lowest BCUT2D eigenvalue weighted by molar-refractivity contribution is -0.384. The largest absolute Gasteiger partial charge is 0.318 e. The van der Waals surface area contributed by atoms with Crippen molar-refractivity contribution < 1.29 is 4.92 Å². The van der Waals surface area contributed by atoms with Gasteiger partial charge in [-0.1, -0.05) is 23.2 Å². The molecule has 0 radical (unpaired) electrons. The van der Waals surface area contributed by atoms with E-state index in [9.17, 15) is 10.1 Å². The van der Waals surface area contributed by atoms with E-state index in [-0.39, 0.29) is 5.69 Å². The molecule has 0 saturated carbocycles. The average Bonchev–Trinajstić information content (AvgIpc) is 2.92. The molecule has 0 atom stereocenters. The minimum absolute atomic E-state index is 0.0368. The number of anilines is 1. The van der Waals surface area contributed by atoms with Crippen LogP contribution in [0.25, 0.3) is 5.69 Å². The van der Waals surface area contributed by atoms with Gasteiger partial charge in [0.1, 0.15) is 0 Å². The lowest BCUT2D eigenvalue weighted by Gasteiger charge is -2.10. The highest BCUT2D eigenvalue weighted by atomic mass is 35.5. The standard InChI is InChI=1S/C19H16Cl2N4O2/c1-12-9-14(11-22-23-15-3-5-16(6-4-15)25(26)27)13(2)24(12)17-7-8-18(20)19(21)10-17/h3-11,23H,1-2H3/b22-11-. The van der Waals surface area contributed by atoms with Crippen LogP contribution in [-0.2, 0) is 0 Å². The molecule has 138 valence electrons. The summed E-state index contributed by atoms with van der Waals surface area (Å²) >= 11 is 12.1. The molecule has 0 aliphatic rings. The van der Waals surface area contributed by atoms with Crippen LogP contribution >= 0.6 is 23.2 Å². The highest BCUT2D eigenvalue weighted by molar-refractivity contribution is 6.42. The first-order valence-electron chi connectivity index (χ1n) is 8.04. The first kappa shape index (κ1) is 18.9. The van der Waals surface area contributed by atoms with Crippen LogP contribution in [0.4, 0.5) is 11.4 Å². The first-order valence-corrected chi connectivity index (χ1v) is 8.80. The third-order valence-corrected chi connectivity index (χ3v) is 4.85. The molecule has 6 nitrogen and oxygen atoms in total. The van der Waals surface area contributed by atoms with E-state index in [1.165, 1.54) is 12.1 Å². The lowest BCUT2D eigenvalue weighted by atomic mass is 10.2. The summed E-state index contributed by atoms with van der Waals surface area (Å²) in [7, 11) is 0. The SMILES string of the molecule is Cc1cc(/C=N\Nc2ccc([N+](=O)[O-])cc2)c(C)n1-c1ccc(Cl)c(Cl)c1. The molecule has 27 heavy (non-hydrogen) atoms. The number of nitrogens with one attached hydrogen (secondary N) is 1. The van der Waals surface area contributed by atoms with Gasteiger partial charge in [-0.2, -0.15) is 5.10 Å². The number of rotatable bonds is 5. The molecule has 1 heterocycles. The van der Waals surface area contributed by atoms with Crippen molar-refractivity contribution in [3.05, 3.63) is 85.6 Å². The number of hydrogen-bond acceptors (Lipinski definition) is 4. The first-order chi connectivity index (χ1) is 12.9. The number of non-ortho nitro benzene ring substituents is 1. The zero-order valence-electron chi connectivity index (χ0n) is 14.6. The smallest absolute Gasteiger partial charge is 0.269 e. The maximum Gasteiger partial charge on any atom is 0.269 e. The van der Waals surface area contributed by atoms with Gasteiger partial charge in [-0.3, -0.25) is 15.5 Å². The van der Waals surface area contributed by atoms with E-state index in [0.717, 1.165) is 22.6 Å². The van der Waals surface area contributed by atoms with Crippen LogP contribution in [-0.4, -0.2) is 15.7 Å². The second-order valence-corrected chi connectivity index (χ2v) is 6.75. The van der Waals surface area contributed by atoms with Crippen LogP contribution in [0.2, 0.25) is 10.0 Å². The highest BCUT2D eigenvalue weighted by Crippen LogP contribution is 2.27. The van der Waals surface area contributed by atoms with E-state index in [4.69, 9.17) is 23.2 Å². The molecule has 0 saturated heterocycles. The summed E-state index contributed by atoms with van der Waals surface area (Å²) in [6.07, 6.45) is 1.71. The maximum absolute atomic E-state index is 10.7. The number of aromatic nitrogens is 1. The van der Waals surface area contributed by atoms with Crippen LogP contribution in [0.5, 0.6) is 0 Å². The fourth-order valence-electron chi connectivity index (χ4n) is 2.77. The van der Waals surface area contributed by atoms with Crippen molar-refractivity contribution >= 4 is 40.8 Å². The van der Waals surface area contributed by atoms with E-state index in [1.807, 2.05) is 32.0 Å². The van der Waals surface area contributed by atoms with Crippen molar-refractivity contribution in [1.82, 2.24) is 4.57 Å². The molecule has 0 amide bonds. The van der Waals surface area contributed by atoms with Gasteiger partial charge in [0, 0.05) is 34.8 Å². The van der Waals surface area contributed by atoms with E-state index in [1.54, 1.807) is 24.4 Å². The predicted octanol–water partition coefficient (Wildman–Crippen LogP) is 5.76. The van der Waals surface area contributed by atoms with Crippen molar-refractivity contribution in [2.75, 3.05) is 5.43 Å². The fraction of sp³-hybridized carbons (Fsp3) is 0.105. The van der Waals surface area contributed by atoms with Crippen LogP contribution < -0.4 is 5.43 Å². The summed E-state index contributed by atoms with van der Waals surface area (Å²) in [4.78, 5) is 10.2. The molecular weight excluding hydrogens is 387 g/mol. The van der Waals surface area contributed by atoms with Gasteiger partial charge >= 0.3 is 0 Å². The molecule has 0 spiro atoms. The van der Waals surface area contributed by atoms with Gasteiger partial charge in [0.05, 0.1) is 26.9 Å². The molecule has 0 unspecified atom stereocenters. The summed E-state index contributed by atoms with van der Waals surface area (Å²) in [5, 5.41) is 15.9. The molecule has 0 fully saturated rings. The number of hydrogen-bond donors (Lipinski definition) is 1. The highest BCUT2D eigenvalue weighted by Gasteiger charge is 2.11. The molecule has 0 aliphatic heterocycles. The number of aryl methyl sites for hydroxylation is 1. The lowest BCUT2D eigenvalue weighted by Crippen LogP contribution is -2.00. The van der Waals surface area contributed by atoms with Crippen molar-refractivity contribution in [1.29, 1.82) is 0 Å². The molecule has 0 bridgehead atoms. The molecule has 1 aromatic heterocycles. The quantitative estimate of drug-likeness (QED) is 0.335. The Morgan fingerprint density at radius 1 is 1.07 bits per heavy atom. The predicted molar refractivity (Wildman–Crippen MR) is 110 cm³/mol. The Balaban J connectivity index is 1.80. The summed E-state index contributed by atoms with van der Waals surface area (Å²) in [5.74, 6) is 0. The van der Waals surface area contributed by atoms with E-state index >= 15 is 0 Å². The van der Waals surface area contributed by atoms with Crippen LogP contribution in [0, 0.1) is 24.0 Å². The molecule has 3 rings (SSSR count). The minimum Gasteiger partial charge on any atom is -0.318 e. The van der Waals surface area contributed by atoms with Crippen LogP contribution in [0.1, 0.15) is 17.0 Å². The normalized spacial score (nSPS) is 11.1. The summed E-state index contributed by atoms with van der Waals surface area (Å²) in [6.45, 7) is 3.99. The van der Waals surface area contributed by atoms with Crippen molar-refractivity contribution in [3.8, 4) is 5.69 Å². The van der Waals surface area contributed by atoms with Crippen molar-refractivity contribution in [2.24, 2.45) is 5.10 Å². The Hall–Kier alpha value is -2.83. The Kier molecular flexibility index (Phi) is 5.48. The second kappa shape index (κ2) is 7.82. The number of nitrogens with zero attached hydrogens (tertiary/aromatic N) is 3. The third-order valence-electron chi connectivity index (χ3n) is 4.11. The van der Waals surface area contributed by atoms with Gasteiger partial charge in [-0.05, 0) is 50.2 Å². The summed E-state index contributed by atoms with van der Waals surface area (Å²) in [5.41, 5.74) is 7.46. The van der Waals surface area contributed by atoms with Gasteiger partial charge in [-0.15, -0.1) is 0 Å². The van der Waals surface area contributed by atoms with Crippen LogP contribution in [0.3, 0.4) is 0 Å². The zero-order valence-corrected chi connectivity index (χ0v) is 16.1. The van der Waals surface area contributed by atoms with Crippen molar-refractivity contribution in [2.45, 2.75) is 13.8 Å². The number of nitro benzene ring substituents is 1. The fourth-order valence-corrected chi connectivity index (χ4v) is 3.07. The van der Waals surface area contributed by atoms with E-state index in [0.29, 0.717) is 15.7 Å². The molecule has 2 aromatic carbocycles. The Bertz CT molecular complexity index is 1030. The number of benzene rings is 2. The van der Waals surface area contributed by atoms with Crippen LogP contribution in [0.15, 0.2) is 53.6 Å². The number of nitro groups is 1. The van der Waals surface area contributed by atoms with E-state index < -0.39 is 4.92 Å². The molecular formula is C19H16Cl2N4O2. The zero-order chi connectivity index (χ0) is 19.6. The van der Waals surface area contributed by atoms with Gasteiger partial charge in [0.25, 0.3) is 5.69 Å². The average molecular weight is 403 g/mol. The molecule has 0 aliphatic carbocycles. The van der Waals surface area contributed by atoms with E-state index in [2.05, 4.69) is 15.1 Å². The van der Waals surface area contributed by atoms with Gasteiger partial charge in [0.2, 0.25) is 0 Å². The molecule has 3 aromatic rings. The molecule has 1 N–H and O–H groups in total. The Labute approximate surface area is 166 Å². The third kappa shape index (κ3) is 4.13. The van der Waals surface area contributed by atoms with Gasteiger partial charge in [-0.25, -0.2) is 0 Å². The summed E-state index contributed by atoms with van der Waals surface area (Å²) in [6, 6.07) is 13.6. The Morgan fingerprint density at radius 2 is 1.78 bits per heavy atom. The monoisotopic (exact) mass is 402 g/mol. The second-order valence-electron chi connectivity index (χ2n) is 5.93. The summed E-state index contributed by atoms with van der Waals surface area (Å²) < 4.78 is 2.06. The number of halogens is 2. The van der Waals surface area contributed by atoms with Gasteiger partial charge in [0.15, 0.2) is 0 Å². The molecule has 8 heteroatoms. The van der Waals surface area contributed by atoms with Gasteiger partial charge < -0.3 is 4.57 Å². The maximum atomic E-state index is 10.7. The number of hydrazone groups is 1. The van der Waals surface area contributed by atoms with Crippen molar-refractivity contribution in [3.63, 3.8) is 0 Å².